The maximum Gasteiger partial charge on any atom is 0.162 e. The summed E-state index contributed by atoms with van der Waals surface area (Å²) < 4.78 is 6.86. The minimum atomic E-state index is -0.879. The van der Waals surface area contributed by atoms with Crippen LogP contribution in [0, 0.1) is 0 Å². The van der Waals surface area contributed by atoms with E-state index in [1.54, 1.807) is 25.0 Å². The molecule has 1 aromatic rings. The van der Waals surface area contributed by atoms with Crippen molar-refractivity contribution in [2.75, 3.05) is 7.11 Å². The van der Waals surface area contributed by atoms with Gasteiger partial charge in [-0.25, -0.2) is 0 Å². The number of aliphatic hydroxyl groups is 1. The molecule has 0 aliphatic heterocycles. The Labute approximate surface area is 88.8 Å². The van der Waals surface area contributed by atoms with Gasteiger partial charge < -0.3 is 15.6 Å². The number of nitrogens with two attached hydrogens (primary N) is 1. The Hall–Kier alpha value is -1.07. The molecule has 5 nitrogen and oxygen atoms in total. The normalized spacial score (nSPS) is 30.8. The van der Waals surface area contributed by atoms with Crippen molar-refractivity contribution >= 4 is 0 Å². The molecule has 1 saturated carbocycles. The first-order valence-corrected chi connectivity index (χ1v) is 5.11. The lowest BCUT2D eigenvalue weighted by Crippen LogP contribution is -2.28. The summed E-state index contributed by atoms with van der Waals surface area (Å²) >= 11 is 0. The molecule has 2 rings (SSSR count). The minimum Gasteiger partial charge on any atom is -0.493 e. The standard InChI is InChI=1S/C10H17N3O2/c1-13-9(8(15-2)6-12-13)10(14)4-3-7(11)5-10/h6-7,14H,3-5,11H2,1-2H3. The van der Waals surface area contributed by atoms with Crippen molar-refractivity contribution in [3.8, 4) is 5.75 Å². The number of methoxy groups -OCH3 is 1. The predicted octanol–water partition coefficient (Wildman–Crippen LogP) is 0.128. The summed E-state index contributed by atoms with van der Waals surface area (Å²) in [6.45, 7) is 0. The lowest BCUT2D eigenvalue weighted by molar-refractivity contribution is 0.0322. The van der Waals surface area contributed by atoms with Gasteiger partial charge in [-0.3, -0.25) is 4.68 Å². The number of hydrogen-bond donors (Lipinski definition) is 2. The summed E-state index contributed by atoms with van der Waals surface area (Å²) in [6.07, 6.45) is 3.70. The molecule has 5 heteroatoms. The molecule has 0 amide bonds. The van der Waals surface area contributed by atoms with Crippen LogP contribution in [0.15, 0.2) is 6.20 Å². The van der Waals surface area contributed by atoms with Gasteiger partial charge in [-0.2, -0.15) is 5.10 Å². The van der Waals surface area contributed by atoms with Gasteiger partial charge in [0.15, 0.2) is 5.75 Å². The fourth-order valence-electron chi connectivity index (χ4n) is 2.37. The molecule has 1 aliphatic rings. The highest BCUT2D eigenvalue weighted by atomic mass is 16.5. The Balaban J connectivity index is 2.39. The monoisotopic (exact) mass is 211 g/mol. The van der Waals surface area contributed by atoms with Gasteiger partial charge in [-0.15, -0.1) is 0 Å². The summed E-state index contributed by atoms with van der Waals surface area (Å²) in [6, 6.07) is 0.0645. The Kier molecular flexibility index (Phi) is 2.44. The van der Waals surface area contributed by atoms with E-state index in [4.69, 9.17) is 10.5 Å². The van der Waals surface area contributed by atoms with Crippen LogP contribution in [0.25, 0.3) is 0 Å². The van der Waals surface area contributed by atoms with E-state index in [1.807, 2.05) is 0 Å². The molecule has 0 saturated heterocycles. The molecule has 1 aliphatic carbocycles. The summed E-state index contributed by atoms with van der Waals surface area (Å²) in [5.74, 6) is 0.633. The third-order valence-electron chi connectivity index (χ3n) is 3.09. The van der Waals surface area contributed by atoms with Crippen molar-refractivity contribution in [1.29, 1.82) is 0 Å². The van der Waals surface area contributed by atoms with Gasteiger partial charge in [-0.1, -0.05) is 0 Å². The molecule has 1 aromatic heterocycles. The average molecular weight is 211 g/mol. The Morgan fingerprint density at radius 2 is 2.47 bits per heavy atom. The molecule has 3 N–H and O–H groups in total. The molecule has 2 unspecified atom stereocenters. The van der Waals surface area contributed by atoms with Crippen LogP contribution in [-0.4, -0.2) is 28.0 Å². The molecule has 0 spiro atoms. The minimum absolute atomic E-state index is 0.0645. The Morgan fingerprint density at radius 3 is 3.00 bits per heavy atom. The molecule has 0 bridgehead atoms. The second-order valence-electron chi connectivity index (χ2n) is 4.22. The SMILES string of the molecule is COc1cnn(C)c1C1(O)CCC(N)C1. The molecular weight excluding hydrogens is 194 g/mol. The molecule has 2 atom stereocenters. The quantitative estimate of drug-likeness (QED) is 0.729. The zero-order chi connectivity index (χ0) is 11.1. The third kappa shape index (κ3) is 1.61. The highest BCUT2D eigenvalue weighted by Crippen LogP contribution is 2.41. The zero-order valence-corrected chi connectivity index (χ0v) is 9.10. The van der Waals surface area contributed by atoms with Gasteiger partial charge in [-0.05, 0) is 19.3 Å². The first kappa shape index (κ1) is 10.4. The number of rotatable bonds is 2. The highest BCUT2D eigenvalue weighted by molar-refractivity contribution is 5.31. The maximum atomic E-state index is 10.5. The molecule has 15 heavy (non-hydrogen) atoms. The number of aryl methyl sites for hydroxylation is 1. The molecule has 84 valence electrons. The van der Waals surface area contributed by atoms with Crippen LogP contribution in [0.5, 0.6) is 5.75 Å². The smallest absolute Gasteiger partial charge is 0.162 e. The summed E-state index contributed by atoms with van der Waals surface area (Å²) in [5.41, 5.74) is 5.68. The topological polar surface area (TPSA) is 73.3 Å². The van der Waals surface area contributed by atoms with Gasteiger partial charge >= 0.3 is 0 Å². The van der Waals surface area contributed by atoms with Crippen molar-refractivity contribution in [3.63, 3.8) is 0 Å². The predicted molar refractivity (Wildman–Crippen MR) is 55.5 cm³/mol. The van der Waals surface area contributed by atoms with Crippen LogP contribution in [0.4, 0.5) is 0 Å². The Morgan fingerprint density at radius 1 is 1.73 bits per heavy atom. The average Bonchev–Trinajstić information content (AvgIpc) is 2.71. The summed E-state index contributed by atoms with van der Waals surface area (Å²) in [4.78, 5) is 0. The fourth-order valence-corrected chi connectivity index (χ4v) is 2.37. The lowest BCUT2D eigenvalue weighted by Gasteiger charge is -2.23. The van der Waals surface area contributed by atoms with Crippen LogP contribution < -0.4 is 10.5 Å². The molecular formula is C10H17N3O2. The van der Waals surface area contributed by atoms with Crippen LogP contribution >= 0.6 is 0 Å². The second-order valence-corrected chi connectivity index (χ2v) is 4.22. The first-order valence-electron chi connectivity index (χ1n) is 5.11. The van der Waals surface area contributed by atoms with E-state index >= 15 is 0 Å². The number of ether oxygens (including phenoxy) is 1. The van der Waals surface area contributed by atoms with E-state index in [9.17, 15) is 5.11 Å². The van der Waals surface area contributed by atoms with Crippen LogP contribution in [0.3, 0.4) is 0 Å². The number of aromatic nitrogens is 2. The van der Waals surface area contributed by atoms with Gasteiger partial charge in [0.2, 0.25) is 0 Å². The first-order chi connectivity index (χ1) is 7.07. The third-order valence-corrected chi connectivity index (χ3v) is 3.09. The maximum absolute atomic E-state index is 10.5. The van der Waals surface area contributed by atoms with E-state index in [-0.39, 0.29) is 6.04 Å². The van der Waals surface area contributed by atoms with Gasteiger partial charge in [0, 0.05) is 13.1 Å². The molecule has 0 aromatic carbocycles. The van der Waals surface area contributed by atoms with E-state index in [0.29, 0.717) is 18.6 Å². The fraction of sp³-hybridized carbons (Fsp3) is 0.700. The Bertz CT molecular complexity index is 364. The highest BCUT2D eigenvalue weighted by Gasteiger charge is 2.41. The van der Waals surface area contributed by atoms with Crippen LogP contribution in [0.1, 0.15) is 25.0 Å². The summed E-state index contributed by atoms with van der Waals surface area (Å²) in [5, 5.41) is 14.6. The van der Waals surface area contributed by atoms with Crippen LogP contribution in [-0.2, 0) is 12.6 Å². The van der Waals surface area contributed by atoms with Crippen LogP contribution in [0.2, 0.25) is 0 Å². The molecule has 1 heterocycles. The van der Waals surface area contributed by atoms with Gasteiger partial charge in [0.25, 0.3) is 0 Å². The van der Waals surface area contributed by atoms with Crippen molar-refractivity contribution < 1.29 is 9.84 Å². The van der Waals surface area contributed by atoms with Crippen molar-refractivity contribution in [2.24, 2.45) is 12.8 Å². The van der Waals surface area contributed by atoms with Crippen molar-refractivity contribution in [3.05, 3.63) is 11.9 Å². The van der Waals surface area contributed by atoms with Crippen molar-refractivity contribution in [2.45, 2.75) is 30.9 Å². The second kappa shape index (κ2) is 3.50. The largest absolute Gasteiger partial charge is 0.493 e. The van der Waals surface area contributed by atoms with E-state index in [2.05, 4.69) is 5.10 Å². The molecule has 0 radical (unpaired) electrons. The number of hydrogen-bond acceptors (Lipinski definition) is 4. The zero-order valence-electron chi connectivity index (χ0n) is 9.10. The van der Waals surface area contributed by atoms with Crippen molar-refractivity contribution in [1.82, 2.24) is 9.78 Å². The van der Waals surface area contributed by atoms with E-state index in [1.165, 1.54) is 0 Å². The lowest BCUT2D eigenvalue weighted by atomic mass is 9.97. The van der Waals surface area contributed by atoms with E-state index < -0.39 is 5.60 Å². The molecule has 1 fully saturated rings. The number of nitrogens with zero attached hydrogens (tertiary/aromatic N) is 2. The van der Waals surface area contributed by atoms with E-state index in [0.717, 1.165) is 12.1 Å². The van der Waals surface area contributed by atoms with Gasteiger partial charge in [0.1, 0.15) is 11.3 Å². The van der Waals surface area contributed by atoms with Gasteiger partial charge in [0.05, 0.1) is 13.3 Å². The summed E-state index contributed by atoms with van der Waals surface area (Å²) in [7, 11) is 3.39.